The predicted molar refractivity (Wildman–Crippen MR) is 492 cm³/mol. The summed E-state index contributed by atoms with van der Waals surface area (Å²) in [7, 11) is -0.727. The number of nitrogens with zero attached hydrogens (tertiary/aromatic N) is 10. The average molecular weight is 1960 g/mol. The van der Waals surface area contributed by atoms with Crippen molar-refractivity contribution in [1.29, 1.82) is 0 Å². The lowest BCUT2D eigenvalue weighted by molar-refractivity contribution is -0.926. The van der Waals surface area contributed by atoms with E-state index in [2.05, 4.69) is 63.2 Å². The maximum atomic E-state index is 14.7. The summed E-state index contributed by atoms with van der Waals surface area (Å²) in [5.41, 5.74) is 11.8. The van der Waals surface area contributed by atoms with Gasteiger partial charge in [0, 0.05) is 85.6 Å². The summed E-state index contributed by atoms with van der Waals surface area (Å²) in [5, 5.41) is 70.4. The number of fused-ring (bicyclic) bond motifs is 1. The number of imide groups is 1. The van der Waals surface area contributed by atoms with Crippen LogP contribution in [0.2, 0.25) is 5.02 Å². The van der Waals surface area contributed by atoms with Crippen molar-refractivity contribution in [3.63, 3.8) is 0 Å². The van der Waals surface area contributed by atoms with Crippen molar-refractivity contribution in [1.82, 2.24) is 70.1 Å². The number of likely N-dealkylation sites (N-methyl/N-ethyl adjacent to an activating group) is 1. The van der Waals surface area contributed by atoms with Crippen molar-refractivity contribution in [2.45, 2.75) is 128 Å². The van der Waals surface area contributed by atoms with E-state index in [-0.39, 0.29) is 124 Å². The van der Waals surface area contributed by atoms with Gasteiger partial charge in [-0.3, -0.25) is 33.8 Å². The molecule has 2 fully saturated rings. The number of carboxylic acid groups (broad SMARTS) is 1. The molecule has 2 saturated heterocycles. The van der Waals surface area contributed by atoms with E-state index in [1.54, 1.807) is 92.5 Å². The van der Waals surface area contributed by atoms with E-state index in [0.29, 0.717) is 143 Å². The van der Waals surface area contributed by atoms with Crippen LogP contribution in [-0.4, -0.2) is 299 Å². The summed E-state index contributed by atoms with van der Waals surface area (Å²) < 4.78 is 103. The Morgan fingerprint density at radius 3 is 2.25 bits per heavy atom. The van der Waals surface area contributed by atoms with Crippen LogP contribution in [0.4, 0.5) is 19.7 Å². The first-order valence-electron chi connectivity index (χ1n) is 44.0. The third-order valence-electron chi connectivity index (χ3n) is 22.6. The summed E-state index contributed by atoms with van der Waals surface area (Å²) in [6.45, 7) is 7.13. The van der Waals surface area contributed by atoms with E-state index >= 15 is 0 Å². The molecule has 8 atom stereocenters. The number of nitrogens with one attached hydrogen (secondary N) is 6. The quantitative estimate of drug-likeness (QED) is 0.0140. The molecule has 137 heavy (non-hydrogen) atoms. The number of aromatic nitrogens is 7. The molecule has 7 heterocycles. The number of anilines is 1. The highest BCUT2D eigenvalue weighted by atomic mass is 35.5. The van der Waals surface area contributed by atoms with Crippen LogP contribution in [0.15, 0.2) is 140 Å². The van der Waals surface area contributed by atoms with E-state index in [4.69, 9.17) is 69.7 Å². The van der Waals surface area contributed by atoms with Crippen LogP contribution < -0.4 is 55.4 Å². The summed E-state index contributed by atoms with van der Waals surface area (Å²) in [5.74, 6) is -3.20. The number of carboxylic acids is 1. The zero-order chi connectivity index (χ0) is 97.9. The lowest BCUT2D eigenvalue weighted by Crippen LogP contribution is -2.59. The van der Waals surface area contributed by atoms with Crippen LogP contribution in [0.5, 0.6) is 23.1 Å². The molecule has 13 N–H and O–H groups in total. The van der Waals surface area contributed by atoms with Gasteiger partial charge in [-0.05, 0) is 108 Å². The number of aliphatic carboxylic acids is 1. The van der Waals surface area contributed by atoms with Crippen LogP contribution >= 0.6 is 22.9 Å². The molecule has 734 valence electrons. The Morgan fingerprint density at radius 1 is 0.752 bits per heavy atom. The second-order valence-corrected chi connectivity index (χ2v) is 35.7. The molecule has 0 bridgehead atoms. The second-order valence-electron chi connectivity index (χ2n) is 32.8. The molecular weight excluding hydrogens is 1850 g/mol. The van der Waals surface area contributed by atoms with E-state index in [0.717, 1.165) is 22.6 Å². The number of primary amides is 1. The van der Waals surface area contributed by atoms with Gasteiger partial charge in [0.15, 0.2) is 12.1 Å². The average Bonchev–Trinajstić information content (AvgIpc) is 1.60. The maximum absolute atomic E-state index is 14.7. The molecule has 5 aromatic carbocycles. The van der Waals surface area contributed by atoms with Gasteiger partial charge >= 0.3 is 28.3 Å². The monoisotopic (exact) mass is 1960 g/mol. The largest absolute Gasteiger partial charge is 0.496 e. The molecule has 46 heteroatoms. The minimum Gasteiger partial charge on any atom is -0.496 e. The molecular formula is C91H110ClFN17O25S2+. The number of rotatable bonds is 51. The number of ether oxygens (including phenoxy) is 10. The minimum absolute atomic E-state index is 0.0129. The van der Waals surface area contributed by atoms with Gasteiger partial charge in [0.05, 0.1) is 121 Å². The molecule has 4 aromatic heterocycles. The topological polar surface area (TPSA) is 551 Å². The molecule has 9 aromatic rings. The van der Waals surface area contributed by atoms with Gasteiger partial charge in [0.2, 0.25) is 29.7 Å². The fraction of sp³-hybridized carbons (Fsp3) is 0.429. The Bertz CT molecular complexity index is 5820. The van der Waals surface area contributed by atoms with Gasteiger partial charge < -0.3 is 104 Å². The van der Waals surface area contributed by atoms with E-state index < -0.39 is 125 Å². The lowest BCUT2D eigenvalue weighted by Gasteiger charge is -2.42. The SMILES string of the molecule is COc1ccccc1-c1nccc(COc2ccccc2C[C@@H](Oc2ncnc3sc(-c4ccc(F)cc4)c(-c4ccc(OCCN5CC[N+](C)(Cc6ccc(NC(=O)[C@H](CCCNC(N)=O)NC(=O)[C@@H](NC(=O)CCOCCN7C(=O)C=CC7=O)C(C)C)cc6COCc6cn(CCOC(=O)NS(=O)(=O)NCCOCCO[C@@H]7O[C@H](CO)[C@@H](O)[C@H](O)[C@H]7O)nn6)CC5)c(Cl)c4C)c23)C(=O)O)n1. The summed E-state index contributed by atoms with van der Waals surface area (Å²) in [4.78, 5) is 126. The van der Waals surface area contributed by atoms with E-state index in [1.807, 2.05) is 43.3 Å². The maximum Gasteiger partial charge on any atom is 0.421 e. The number of urea groups is 1. The fourth-order valence-corrected chi connectivity index (χ4v) is 17.2. The van der Waals surface area contributed by atoms with Crippen molar-refractivity contribution >= 4 is 96.7 Å². The standard InChI is InChI=1S/C91H109ClFN17O25S2/c1-54(2)78(103-72(112)27-38-127-40-35-109-73(113)24-25-74(109)114)85(119)102-66(13-10-28-96-90(94)122)84(118)101-61-21-18-58(59(45-61)50-129-51-63-47-108(106-104-63)34-42-132-91(123)105-137(124,125)99-30-39-128-43-44-131-89-81(117)80(116)79(115)71(49-111)135-89)48-110(4)36-31-107(32-37-110)33-41-130-69-23-22-64(55(3)77(69)92)75-76-86(97-53-98-87(76)136-82(75)56-16-19-60(93)20-17-56)134-70(88(120)121)46-57-11-6-8-14-67(57)133-52-62-26-29-95-83(100-62)65-12-7-9-15-68(65)126-5/h6-9,11-12,14-26,29,45,47,53-54,66,70-71,78-81,89,99,111,115-117H,10,13,27-28,30-44,46,48-52H2,1-5H3,(H7-,94,96,101,102,103,105,112,118,119,120,121,122,123)/p+1/t66-,70+,71+,78-,79+,80-,81+,89+/m0/s1. The number of methoxy groups -OCH3 is 1. The van der Waals surface area contributed by atoms with Crippen LogP contribution in [0, 0.1) is 18.7 Å². The van der Waals surface area contributed by atoms with Gasteiger partial charge in [0.1, 0.15) is 103 Å². The lowest BCUT2D eigenvalue weighted by atomic mass is 9.96. The highest BCUT2D eigenvalue weighted by molar-refractivity contribution is 7.88. The highest BCUT2D eigenvalue weighted by Crippen LogP contribution is 2.50. The third-order valence-corrected chi connectivity index (χ3v) is 25.2. The zero-order valence-electron chi connectivity index (χ0n) is 75.7. The number of carbonyl (C=O) groups is 8. The first kappa shape index (κ1) is 103. The van der Waals surface area contributed by atoms with Crippen molar-refractivity contribution in [3.05, 3.63) is 185 Å². The zero-order valence-corrected chi connectivity index (χ0v) is 78.1. The number of aliphatic hydroxyl groups is 4. The summed E-state index contributed by atoms with van der Waals surface area (Å²) in [6.07, 6.45) is -3.57. The molecule has 0 spiro atoms. The van der Waals surface area contributed by atoms with Crippen LogP contribution in [0.1, 0.15) is 66.8 Å². The Balaban J connectivity index is 0.685. The summed E-state index contributed by atoms with van der Waals surface area (Å²) in [6, 6.07) is 27.9. The molecule has 42 nitrogen and oxygen atoms in total. The molecule has 0 radical (unpaired) electrons. The van der Waals surface area contributed by atoms with Crippen molar-refractivity contribution in [2.75, 3.05) is 125 Å². The molecule has 3 aliphatic heterocycles. The van der Waals surface area contributed by atoms with Gasteiger partial charge in [-0.1, -0.05) is 85.3 Å². The smallest absolute Gasteiger partial charge is 0.421 e. The molecule has 8 amide bonds. The number of carbonyl (C=O) groups excluding carboxylic acids is 7. The molecule has 0 saturated carbocycles. The number of amides is 8. The number of para-hydroxylation sites is 2. The number of hydrogen-bond donors (Lipinski definition) is 12. The summed E-state index contributed by atoms with van der Waals surface area (Å²) >= 11 is 8.62. The van der Waals surface area contributed by atoms with Gasteiger partial charge in [-0.2, -0.15) is 13.1 Å². The first-order valence-corrected chi connectivity index (χ1v) is 46.7. The molecule has 0 aliphatic carbocycles. The van der Waals surface area contributed by atoms with Crippen molar-refractivity contribution in [2.24, 2.45) is 11.7 Å². The van der Waals surface area contributed by atoms with E-state index in [1.165, 1.54) is 40.7 Å². The van der Waals surface area contributed by atoms with Crippen LogP contribution in [-0.2, 0) is 107 Å². The third kappa shape index (κ3) is 29.1. The van der Waals surface area contributed by atoms with Crippen LogP contribution in [0.25, 0.3) is 43.2 Å². The van der Waals surface area contributed by atoms with Crippen molar-refractivity contribution < 1.29 is 129 Å². The molecule has 12 rings (SSSR count). The Kier molecular flexibility index (Phi) is 37.4. The number of piperazine rings is 1. The Morgan fingerprint density at radius 2 is 1.50 bits per heavy atom. The number of hydrogen-bond acceptors (Lipinski definition) is 32. The first-order chi connectivity index (χ1) is 65.8. The predicted octanol–water partition coefficient (Wildman–Crippen LogP) is 4.63. The number of nitrogens with two attached hydrogens (primary N) is 1. The fourth-order valence-electron chi connectivity index (χ4n) is 15.2. The number of halogens is 2. The normalized spacial score (nSPS) is 17.3. The van der Waals surface area contributed by atoms with Crippen molar-refractivity contribution in [3.8, 4) is 56.1 Å². The van der Waals surface area contributed by atoms with E-state index in [9.17, 15) is 76.7 Å². The second kappa shape index (κ2) is 49.5. The number of quaternary nitrogens is 1. The van der Waals surface area contributed by atoms with Gasteiger partial charge in [0.25, 0.3) is 11.8 Å². The number of aliphatic hydroxyl groups excluding tert-OH is 4. The Labute approximate surface area is 796 Å². The molecule has 0 unspecified atom stereocenters. The van der Waals surface area contributed by atoms with Crippen LogP contribution in [0.3, 0.4) is 0 Å². The van der Waals surface area contributed by atoms with Gasteiger partial charge in [-0.25, -0.2) is 48.1 Å². The number of benzene rings is 5. The molecule has 3 aliphatic rings. The van der Waals surface area contributed by atoms with Gasteiger partial charge in [-0.15, -0.1) is 16.4 Å². The highest BCUT2D eigenvalue weighted by Gasteiger charge is 2.44. The number of thiophene rings is 1. The minimum atomic E-state index is -4.43. The Hall–Kier alpha value is -12.4.